The van der Waals surface area contributed by atoms with Crippen LogP contribution in [-0.4, -0.2) is 54.4 Å². The van der Waals surface area contributed by atoms with Gasteiger partial charge in [-0.3, -0.25) is 9.59 Å². The van der Waals surface area contributed by atoms with Gasteiger partial charge in [-0.05, 0) is 37.3 Å². The van der Waals surface area contributed by atoms with E-state index in [1.165, 1.54) is 25.7 Å². The van der Waals surface area contributed by atoms with E-state index in [-0.39, 0.29) is 11.8 Å². The summed E-state index contributed by atoms with van der Waals surface area (Å²) in [6, 6.07) is 3.61. The van der Waals surface area contributed by atoms with E-state index in [1.807, 2.05) is 22.8 Å². The lowest BCUT2D eigenvalue weighted by Gasteiger charge is -2.36. The van der Waals surface area contributed by atoms with E-state index in [1.54, 1.807) is 12.3 Å². The molecule has 1 saturated carbocycles. The van der Waals surface area contributed by atoms with Crippen LogP contribution in [0.3, 0.4) is 0 Å². The normalized spacial score (nSPS) is 18.7. The molecule has 0 aromatic carbocycles. The van der Waals surface area contributed by atoms with Crippen LogP contribution in [0.4, 0.5) is 5.82 Å². The molecule has 0 atom stereocenters. The fraction of sp³-hybridized carbons (Fsp3) is 0.632. The average molecular weight is 344 g/mol. The third kappa shape index (κ3) is 4.50. The van der Waals surface area contributed by atoms with Crippen LogP contribution in [0, 0.1) is 5.92 Å². The molecule has 1 aliphatic heterocycles. The SMILES string of the molecule is CCCNC(=O)c1ccc(N2CCN(CC3CCCC3)C(=O)C2)nc1. The van der Waals surface area contributed by atoms with Crippen molar-refractivity contribution < 1.29 is 9.59 Å². The molecular weight excluding hydrogens is 316 g/mol. The number of piperazine rings is 1. The zero-order valence-corrected chi connectivity index (χ0v) is 15.0. The predicted molar refractivity (Wildman–Crippen MR) is 97.6 cm³/mol. The molecule has 1 saturated heterocycles. The Balaban J connectivity index is 1.54. The summed E-state index contributed by atoms with van der Waals surface area (Å²) in [5.41, 5.74) is 0.559. The van der Waals surface area contributed by atoms with E-state index < -0.39 is 0 Å². The minimum Gasteiger partial charge on any atom is -0.352 e. The van der Waals surface area contributed by atoms with Gasteiger partial charge in [0.15, 0.2) is 0 Å². The van der Waals surface area contributed by atoms with Crippen molar-refractivity contribution in [3.63, 3.8) is 0 Å². The van der Waals surface area contributed by atoms with Gasteiger partial charge < -0.3 is 15.1 Å². The van der Waals surface area contributed by atoms with Gasteiger partial charge in [0.1, 0.15) is 5.82 Å². The fourth-order valence-corrected chi connectivity index (χ4v) is 3.65. The second kappa shape index (κ2) is 8.32. The number of hydrogen-bond acceptors (Lipinski definition) is 4. The van der Waals surface area contributed by atoms with Crippen molar-refractivity contribution in [2.45, 2.75) is 39.0 Å². The summed E-state index contributed by atoms with van der Waals surface area (Å²) in [4.78, 5) is 32.8. The fourth-order valence-electron chi connectivity index (χ4n) is 3.65. The van der Waals surface area contributed by atoms with Crippen LogP contribution in [0.2, 0.25) is 0 Å². The van der Waals surface area contributed by atoms with E-state index in [0.29, 0.717) is 24.6 Å². The minimum atomic E-state index is -0.0987. The van der Waals surface area contributed by atoms with Crippen LogP contribution >= 0.6 is 0 Å². The molecule has 0 unspecified atom stereocenters. The maximum absolute atomic E-state index is 12.5. The number of carbonyl (C=O) groups excluding carboxylic acids is 2. The zero-order valence-electron chi connectivity index (χ0n) is 15.0. The maximum atomic E-state index is 12.5. The Bertz CT molecular complexity index is 596. The van der Waals surface area contributed by atoms with Crippen LogP contribution in [0.15, 0.2) is 18.3 Å². The second-order valence-electron chi connectivity index (χ2n) is 7.07. The van der Waals surface area contributed by atoms with Gasteiger partial charge in [0.25, 0.3) is 5.91 Å². The summed E-state index contributed by atoms with van der Waals surface area (Å²) in [5.74, 6) is 1.54. The van der Waals surface area contributed by atoms with Crippen molar-refractivity contribution in [3.05, 3.63) is 23.9 Å². The number of hydrogen-bond donors (Lipinski definition) is 1. The Morgan fingerprint density at radius 3 is 2.72 bits per heavy atom. The van der Waals surface area contributed by atoms with Crippen LogP contribution in [0.25, 0.3) is 0 Å². The Morgan fingerprint density at radius 1 is 1.28 bits per heavy atom. The second-order valence-corrected chi connectivity index (χ2v) is 7.07. The number of carbonyl (C=O) groups is 2. The Kier molecular flexibility index (Phi) is 5.89. The molecule has 6 heteroatoms. The summed E-state index contributed by atoms with van der Waals surface area (Å²) >= 11 is 0. The average Bonchev–Trinajstić information content (AvgIpc) is 3.14. The standard InChI is InChI=1S/C19H28N4O2/c1-2-9-20-19(25)16-7-8-17(21-12-16)22-10-11-23(18(24)14-22)13-15-5-3-4-6-15/h7-8,12,15H,2-6,9-11,13-14H2,1H3,(H,20,25). The highest BCUT2D eigenvalue weighted by Gasteiger charge is 2.27. The topological polar surface area (TPSA) is 65.5 Å². The highest BCUT2D eigenvalue weighted by atomic mass is 16.2. The molecule has 0 radical (unpaired) electrons. The predicted octanol–water partition coefficient (Wildman–Crippen LogP) is 2.06. The van der Waals surface area contributed by atoms with Gasteiger partial charge in [-0.2, -0.15) is 0 Å². The molecule has 3 rings (SSSR count). The molecule has 1 aromatic heterocycles. The highest BCUT2D eigenvalue weighted by molar-refractivity contribution is 5.94. The van der Waals surface area contributed by atoms with Crippen LogP contribution in [0.1, 0.15) is 49.4 Å². The molecule has 2 heterocycles. The molecule has 2 amide bonds. The molecule has 136 valence electrons. The van der Waals surface area contributed by atoms with Crippen molar-refractivity contribution in [1.29, 1.82) is 0 Å². The summed E-state index contributed by atoms with van der Waals surface area (Å²) in [6.07, 6.45) is 7.63. The van der Waals surface area contributed by atoms with Gasteiger partial charge in [-0.25, -0.2) is 4.98 Å². The Labute approximate surface area is 149 Å². The number of nitrogens with zero attached hydrogens (tertiary/aromatic N) is 3. The first-order valence-electron chi connectivity index (χ1n) is 9.44. The molecule has 2 fully saturated rings. The molecule has 25 heavy (non-hydrogen) atoms. The van der Waals surface area contributed by atoms with E-state index >= 15 is 0 Å². The summed E-state index contributed by atoms with van der Waals surface area (Å²) in [7, 11) is 0. The first kappa shape index (κ1) is 17.7. The molecular formula is C19H28N4O2. The van der Waals surface area contributed by atoms with E-state index in [9.17, 15) is 9.59 Å². The number of amides is 2. The van der Waals surface area contributed by atoms with Crippen molar-refractivity contribution >= 4 is 17.6 Å². The van der Waals surface area contributed by atoms with E-state index in [0.717, 1.165) is 31.9 Å². The van der Waals surface area contributed by atoms with Gasteiger partial charge in [0.05, 0.1) is 12.1 Å². The van der Waals surface area contributed by atoms with Gasteiger partial charge >= 0.3 is 0 Å². The molecule has 2 aliphatic rings. The monoisotopic (exact) mass is 344 g/mol. The third-order valence-corrected chi connectivity index (χ3v) is 5.14. The molecule has 0 spiro atoms. The van der Waals surface area contributed by atoms with Crippen LogP contribution in [-0.2, 0) is 4.79 Å². The molecule has 1 aromatic rings. The Hall–Kier alpha value is -2.11. The van der Waals surface area contributed by atoms with Crippen molar-refractivity contribution in [3.8, 4) is 0 Å². The minimum absolute atomic E-state index is 0.0987. The first-order valence-corrected chi connectivity index (χ1v) is 9.44. The lowest BCUT2D eigenvalue weighted by Crippen LogP contribution is -2.51. The van der Waals surface area contributed by atoms with Crippen LogP contribution in [0.5, 0.6) is 0 Å². The number of anilines is 1. The first-order chi connectivity index (χ1) is 12.2. The largest absolute Gasteiger partial charge is 0.352 e. The van der Waals surface area contributed by atoms with Crippen molar-refractivity contribution in [2.75, 3.05) is 37.6 Å². The Morgan fingerprint density at radius 2 is 2.08 bits per heavy atom. The maximum Gasteiger partial charge on any atom is 0.252 e. The van der Waals surface area contributed by atoms with Gasteiger partial charge in [0, 0.05) is 32.4 Å². The number of aromatic nitrogens is 1. The third-order valence-electron chi connectivity index (χ3n) is 5.14. The summed E-state index contributed by atoms with van der Waals surface area (Å²) < 4.78 is 0. The molecule has 6 nitrogen and oxygen atoms in total. The summed E-state index contributed by atoms with van der Waals surface area (Å²) in [6.45, 7) is 5.53. The van der Waals surface area contributed by atoms with Gasteiger partial charge in [-0.15, -0.1) is 0 Å². The molecule has 1 aliphatic carbocycles. The van der Waals surface area contributed by atoms with Gasteiger partial charge in [0.2, 0.25) is 5.91 Å². The zero-order chi connectivity index (χ0) is 17.6. The molecule has 0 bridgehead atoms. The summed E-state index contributed by atoms with van der Waals surface area (Å²) in [5, 5.41) is 2.84. The van der Waals surface area contributed by atoms with E-state index in [2.05, 4.69) is 10.3 Å². The van der Waals surface area contributed by atoms with E-state index in [4.69, 9.17) is 0 Å². The van der Waals surface area contributed by atoms with Crippen LogP contribution < -0.4 is 10.2 Å². The van der Waals surface area contributed by atoms with Crippen molar-refractivity contribution in [1.82, 2.24) is 15.2 Å². The lowest BCUT2D eigenvalue weighted by molar-refractivity contribution is -0.131. The number of pyridine rings is 1. The number of nitrogens with one attached hydrogen (secondary N) is 1. The van der Waals surface area contributed by atoms with Gasteiger partial charge in [-0.1, -0.05) is 19.8 Å². The highest BCUT2D eigenvalue weighted by Crippen LogP contribution is 2.26. The molecule has 1 N–H and O–H groups in total. The smallest absolute Gasteiger partial charge is 0.252 e. The lowest BCUT2D eigenvalue weighted by atomic mass is 10.1. The quantitative estimate of drug-likeness (QED) is 0.858. The van der Waals surface area contributed by atoms with Crippen molar-refractivity contribution in [2.24, 2.45) is 5.92 Å². The number of rotatable bonds is 6.